The Bertz CT molecular complexity index is 953. The Hall–Kier alpha value is -2.78. The lowest BCUT2D eigenvalue weighted by molar-refractivity contribution is -0.127. The molecule has 7 nitrogen and oxygen atoms in total. The van der Waals surface area contributed by atoms with Gasteiger partial charge in [-0.1, -0.05) is 31.3 Å². The Labute approximate surface area is 177 Å². The molecule has 0 radical (unpaired) electrons. The third-order valence-electron chi connectivity index (χ3n) is 4.17. The van der Waals surface area contributed by atoms with Crippen LogP contribution in [0.4, 0.5) is 5.13 Å². The molecule has 0 aliphatic heterocycles. The molecule has 0 saturated carbocycles. The van der Waals surface area contributed by atoms with Crippen molar-refractivity contribution in [1.82, 2.24) is 15.5 Å². The molecule has 3 rings (SSSR count). The molecule has 3 aromatic rings. The average Bonchev–Trinajstić information content (AvgIpc) is 3.38. The number of ether oxygens (including phenoxy) is 1. The molecule has 9 heteroatoms. The lowest BCUT2D eigenvalue weighted by atomic mass is 10.0. The summed E-state index contributed by atoms with van der Waals surface area (Å²) in [7, 11) is 1.61. The normalized spacial score (nSPS) is 11.9. The maximum absolute atomic E-state index is 12.7. The summed E-state index contributed by atoms with van der Waals surface area (Å²) in [6.07, 6.45) is 0.259. The molecule has 2 aromatic heterocycles. The van der Waals surface area contributed by atoms with Crippen molar-refractivity contribution in [1.29, 1.82) is 0 Å². The van der Waals surface area contributed by atoms with Crippen LogP contribution < -0.4 is 15.4 Å². The van der Waals surface area contributed by atoms with Gasteiger partial charge in [-0.2, -0.15) is 0 Å². The number of anilines is 1. The van der Waals surface area contributed by atoms with E-state index in [1.165, 1.54) is 22.7 Å². The molecule has 2 heterocycles. The van der Waals surface area contributed by atoms with E-state index < -0.39 is 6.04 Å². The standard InChI is InChI=1S/C20H22N4O3S2/c1-12(2)17(21-16(25)11-15-5-4-10-28-15)18(26)22-20-24-23-19(29-20)13-6-8-14(27-3)9-7-13/h4-10,12,17H,11H2,1-3H3,(H,21,25)(H,22,24,26). The number of aromatic nitrogens is 2. The number of methoxy groups -OCH3 is 1. The van der Waals surface area contributed by atoms with E-state index in [0.717, 1.165) is 16.2 Å². The molecule has 0 saturated heterocycles. The van der Waals surface area contributed by atoms with Gasteiger partial charge in [0.2, 0.25) is 16.9 Å². The maximum Gasteiger partial charge on any atom is 0.249 e. The van der Waals surface area contributed by atoms with E-state index >= 15 is 0 Å². The van der Waals surface area contributed by atoms with E-state index in [9.17, 15) is 9.59 Å². The number of nitrogens with one attached hydrogen (secondary N) is 2. The minimum absolute atomic E-state index is 0.0729. The van der Waals surface area contributed by atoms with Crippen LogP contribution in [-0.4, -0.2) is 35.2 Å². The molecule has 1 aromatic carbocycles. The fourth-order valence-corrected chi connectivity index (χ4v) is 4.09. The van der Waals surface area contributed by atoms with Crippen LogP contribution in [0, 0.1) is 5.92 Å². The zero-order chi connectivity index (χ0) is 20.8. The van der Waals surface area contributed by atoms with Gasteiger partial charge in [0.25, 0.3) is 0 Å². The topological polar surface area (TPSA) is 93.2 Å². The molecule has 0 aliphatic rings. The summed E-state index contributed by atoms with van der Waals surface area (Å²) in [5, 5.41) is 16.8. The predicted molar refractivity (Wildman–Crippen MR) is 115 cm³/mol. The number of hydrogen-bond donors (Lipinski definition) is 2. The Morgan fingerprint density at radius 1 is 1.14 bits per heavy atom. The van der Waals surface area contributed by atoms with E-state index in [2.05, 4.69) is 20.8 Å². The molecule has 0 spiro atoms. The number of amides is 2. The largest absolute Gasteiger partial charge is 0.497 e. The van der Waals surface area contributed by atoms with Crippen molar-refractivity contribution < 1.29 is 14.3 Å². The molecule has 0 fully saturated rings. The summed E-state index contributed by atoms with van der Waals surface area (Å²) in [5.74, 6) is 0.190. The molecule has 0 bridgehead atoms. The first-order valence-corrected chi connectivity index (χ1v) is 10.8. The van der Waals surface area contributed by atoms with Gasteiger partial charge in [-0.15, -0.1) is 21.5 Å². The average molecular weight is 431 g/mol. The Balaban J connectivity index is 1.63. The molecular formula is C20H22N4O3S2. The van der Waals surface area contributed by atoms with Crippen LogP contribution in [0.3, 0.4) is 0 Å². The first kappa shape index (κ1) is 20.9. The van der Waals surface area contributed by atoms with Crippen LogP contribution in [-0.2, 0) is 16.0 Å². The summed E-state index contributed by atoms with van der Waals surface area (Å²) in [4.78, 5) is 26.0. The van der Waals surface area contributed by atoms with Gasteiger partial charge >= 0.3 is 0 Å². The summed E-state index contributed by atoms with van der Waals surface area (Å²) in [6, 6.07) is 10.6. The Morgan fingerprint density at radius 2 is 1.90 bits per heavy atom. The predicted octanol–water partition coefficient (Wildman–Crippen LogP) is 3.60. The van der Waals surface area contributed by atoms with Gasteiger partial charge < -0.3 is 10.1 Å². The van der Waals surface area contributed by atoms with Crippen LogP contribution in [0.2, 0.25) is 0 Å². The van der Waals surface area contributed by atoms with Gasteiger partial charge in [-0.05, 0) is 41.6 Å². The van der Waals surface area contributed by atoms with E-state index in [0.29, 0.717) is 10.1 Å². The third-order valence-corrected chi connectivity index (χ3v) is 5.94. The third kappa shape index (κ3) is 5.61. The number of rotatable bonds is 8. The lowest BCUT2D eigenvalue weighted by Crippen LogP contribution is -2.47. The molecule has 2 amide bonds. The molecule has 2 N–H and O–H groups in total. The molecule has 29 heavy (non-hydrogen) atoms. The smallest absolute Gasteiger partial charge is 0.249 e. The van der Waals surface area contributed by atoms with Crippen molar-refractivity contribution >= 4 is 39.6 Å². The monoisotopic (exact) mass is 430 g/mol. The fraction of sp³-hybridized carbons (Fsp3) is 0.300. The van der Waals surface area contributed by atoms with Gasteiger partial charge in [-0.3, -0.25) is 14.9 Å². The molecule has 152 valence electrons. The molecule has 0 aliphatic carbocycles. The van der Waals surface area contributed by atoms with E-state index in [1.807, 2.05) is 55.6 Å². The zero-order valence-corrected chi connectivity index (χ0v) is 18.0. The minimum Gasteiger partial charge on any atom is -0.497 e. The van der Waals surface area contributed by atoms with Crippen molar-refractivity contribution in [3.8, 4) is 16.3 Å². The van der Waals surface area contributed by atoms with Crippen LogP contribution in [0.15, 0.2) is 41.8 Å². The van der Waals surface area contributed by atoms with Crippen LogP contribution in [0.25, 0.3) is 10.6 Å². The Morgan fingerprint density at radius 3 is 2.52 bits per heavy atom. The van der Waals surface area contributed by atoms with Crippen molar-refractivity contribution in [3.63, 3.8) is 0 Å². The second-order valence-corrected chi connectivity index (χ2v) is 8.69. The highest BCUT2D eigenvalue weighted by Gasteiger charge is 2.25. The number of carbonyl (C=O) groups is 2. The zero-order valence-electron chi connectivity index (χ0n) is 16.3. The van der Waals surface area contributed by atoms with Gasteiger partial charge in [0, 0.05) is 10.4 Å². The van der Waals surface area contributed by atoms with Crippen LogP contribution in [0.1, 0.15) is 18.7 Å². The summed E-state index contributed by atoms with van der Waals surface area (Å²) < 4.78 is 5.15. The fourth-order valence-electron chi connectivity index (χ4n) is 2.64. The van der Waals surface area contributed by atoms with Crippen molar-refractivity contribution in [3.05, 3.63) is 46.7 Å². The maximum atomic E-state index is 12.7. The van der Waals surface area contributed by atoms with Gasteiger partial charge in [0.1, 0.15) is 16.8 Å². The van der Waals surface area contributed by atoms with E-state index in [4.69, 9.17) is 4.74 Å². The first-order chi connectivity index (χ1) is 14.0. The van der Waals surface area contributed by atoms with E-state index in [1.54, 1.807) is 7.11 Å². The van der Waals surface area contributed by atoms with Gasteiger partial charge in [0.05, 0.1) is 13.5 Å². The molecule has 1 unspecified atom stereocenters. The van der Waals surface area contributed by atoms with Crippen molar-refractivity contribution in [2.75, 3.05) is 12.4 Å². The highest BCUT2D eigenvalue weighted by atomic mass is 32.1. The summed E-state index contributed by atoms with van der Waals surface area (Å²) in [6.45, 7) is 3.77. The number of carbonyl (C=O) groups excluding carboxylic acids is 2. The quantitative estimate of drug-likeness (QED) is 0.570. The van der Waals surface area contributed by atoms with E-state index in [-0.39, 0.29) is 24.2 Å². The van der Waals surface area contributed by atoms with Gasteiger partial charge in [-0.25, -0.2) is 0 Å². The van der Waals surface area contributed by atoms with Gasteiger partial charge in [0.15, 0.2) is 0 Å². The number of nitrogens with zero attached hydrogens (tertiary/aromatic N) is 2. The molecular weight excluding hydrogens is 408 g/mol. The molecule has 1 atom stereocenters. The second-order valence-electron chi connectivity index (χ2n) is 6.68. The number of thiophene rings is 1. The number of hydrogen-bond acceptors (Lipinski definition) is 7. The Kier molecular flexibility index (Phi) is 6.95. The van der Waals surface area contributed by atoms with Crippen LogP contribution >= 0.6 is 22.7 Å². The lowest BCUT2D eigenvalue weighted by Gasteiger charge is -2.20. The van der Waals surface area contributed by atoms with Crippen LogP contribution in [0.5, 0.6) is 5.75 Å². The highest BCUT2D eigenvalue weighted by Crippen LogP contribution is 2.28. The summed E-state index contributed by atoms with van der Waals surface area (Å²) >= 11 is 2.79. The summed E-state index contributed by atoms with van der Waals surface area (Å²) in [5.41, 5.74) is 0.883. The highest BCUT2D eigenvalue weighted by molar-refractivity contribution is 7.18. The second kappa shape index (κ2) is 9.62. The van der Waals surface area contributed by atoms with Crippen molar-refractivity contribution in [2.45, 2.75) is 26.3 Å². The first-order valence-electron chi connectivity index (χ1n) is 9.07. The SMILES string of the molecule is COc1ccc(-c2nnc(NC(=O)C(NC(=O)Cc3cccs3)C(C)C)s2)cc1. The minimum atomic E-state index is -0.657. The number of benzene rings is 1. The van der Waals surface area contributed by atoms with Crippen molar-refractivity contribution in [2.24, 2.45) is 5.92 Å².